The van der Waals surface area contributed by atoms with Crippen LogP contribution in [0.5, 0.6) is 0 Å². The predicted molar refractivity (Wildman–Crippen MR) is 71.8 cm³/mol. The Bertz CT molecular complexity index is 439. The van der Waals surface area contributed by atoms with Crippen LogP contribution in [0.4, 0.5) is 0 Å². The Labute approximate surface area is 109 Å². The molecule has 0 aliphatic heterocycles. The molecule has 92 valence electrons. The van der Waals surface area contributed by atoms with Gasteiger partial charge in [-0.1, -0.05) is 22.9 Å². The normalized spacial score (nSPS) is 16.0. The molecule has 2 atom stereocenters. The summed E-state index contributed by atoms with van der Waals surface area (Å²) >= 11 is 4.70. The third kappa shape index (κ3) is 4.16. The number of thiophene rings is 1. The van der Waals surface area contributed by atoms with E-state index < -0.39 is 10.0 Å². The molecule has 0 saturated heterocycles. The Morgan fingerprint density at radius 3 is 2.50 bits per heavy atom. The van der Waals surface area contributed by atoms with Gasteiger partial charge in [-0.05, 0) is 32.4 Å². The second-order valence-corrected chi connectivity index (χ2v) is 8.70. The molecule has 0 radical (unpaired) electrons. The number of sulfonamides is 1. The first-order valence-electron chi connectivity index (χ1n) is 5.04. The van der Waals surface area contributed by atoms with Crippen molar-refractivity contribution in [2.24, 2.45) is 0 Å². The second kappa shape index (κ2) is 5.62. The zero-order valence-electron chi connectivity index (χ0n) is 9.53. The van der Waals surface area contributed by atoms with Crippen LogP contribution in [-0.2, 0) is 10.0 Å². The van der Waals surface area contributed by atoms with E-state index in [9.17, 15) is 8.42 Å². The third-order valence-electron chi connectivity index (χ3n) is 2.02. The summed E-state index contributed by atoms with van der Waals surface area (Å²) in [6.07, 6.45) is 0.767. The molecule has 0 aliphatic rings. The molecule has 0 aliphatic carbocycles. The highest BCUT2D eigenvalue weighted by Gasteiger charge is 2.19. The highest BCUT2D eigenvalue weighted by atomic mass is 79.9. The van der Waals surface area contributed by atoms with E-state index in [1.54, 1.807) is 6.07 Å². The molecule has 1 aromatic rings. The van der Waals surface area contributed by atoms with Crippen molar-refractivity contribution < 1.29 is 8.42 Å². The SMILES string of the molecule is Cc1ccc(S(=O)(=O)NC(C)CC(C)Br)s1. The van der Waals surface area contributed by atoms with E-state index >= 15 is 0 Å². The van der Waals surface area contributed by atoms with Crippen LogP contribution in [-0.4, -0.2) is 19.3 Å². The van der Waals surface area contributed by atoms with Gasteiger partial charge in [-0.25, -0.2) is 13.1 Å². The first kappa shape index (κ1) is 14.2. The van der Waals surface area contributed by atoms with Crippen LogP contribution in [0.2, 0.25) is 0 Å². The average Bonchev–Trinajstić information content (AvgIpc) is 2.49. The van der Waals surface area contributed by atoms with Crippen molar-refractivity contribution in [1.29, 1.82) is 0 Å². The van der Waals surface area contributed by atoms with E-state index in [2.05, 4.69) is 20.7 Å². The first-order valence-corrected chi connectivity index (χ1v) is 8.25. The summed E-state index contributed by atoms with van der Waals surface area (Å²) in [7, 11) is -3.34. The van der Waals surface area contributed by atoms with Gasteiger partial charge in [0.1, 0.15) is 4.21 Å². The molecule has 3 nitrogen and oxygen atoms in total. The van der Waals surface area contributed by atoms with Crippen molar-refractivity contribution in [1.82, 2.24) is 4.72 Å². The third-order valence-corrected chi connectivity index (χ3v) is 5.47. The molecular formula is C10H16BrNO2S2. The maximum Gasteiger partial charge on any atom is 0.250 e. The van der Waals surface area contributed by atoms with Gasteiger partial charge in [-0.15, -0.1) is 11.3 Å². The summed E-state index contributed by atoms with van der Waals surface area (Å²) in [4.78, 5) is 1.30. The summed E-state index contributed by atoms with van der Waals surface area (Å²) in [6.45, 7) is 5.77. The van der Waals surface area contributed by atoms with Gasteiger partial charge in [0.2, 0.25) is 10.0 Å². The Balaban J connectivity index is 2.73. The lowest BCUT2D eigenvalue weighted by atomic mass is 10.2. The number of hydrogen-bond acceptors (Lipinski definition) is 3. The molecule has 1 aromatic heterocycles. The first-order chi connectivity index (χ1) is 7.31. The molecule has 16 heavy (non-hydrogen) atoms. The summed E-state index contributed by atoms with van der Waals surface area (Å²) in [6, 6.07) is 3.39. The lowest BCUT2D eigenvalue weighted by Crippen LogP contribution is -2.33. The highest BCUT2D eigenvalue weighted by molar-refractivity contribution is 9.09. The topological polar surface area (TPSA) is 46.2 Å². The van der Waals surface area contributed by atoms with Gasteiger partial charge in [0.15, 0.2) is 0 Å². The van der Waals surface area contributed by atoms with Crippen LogP contribution < -0.4 is 4.72 Å². The molecule has 1 N–H and O–H groups in total. The van der Waals surface area contributed by atoms with Gasteiger partial charge in [0.05, 0.1) is 0 Å². The zero-order valence-corrected chi connectivity index (χ0v) is 12.7. The van der Waals surface area contributed by atoms with Crippen LogP contribution in [0.25, 0.3) is 0 Å². The van der Waals surface area contributed by atoms with Crippen LogP contribution in [0.1, 0.15) is 25.1 Å². The average molecular weight is 326 g/mol. The molecule has 2 unspecified atom stereocenters. The summed E-state index contributed by atoms with van der Waals surface area (Å²) in [5.74, 6) is 0. The van der Waals surface area contributed by atoms with Crippen molar-refractivity contribution in [2.75, 3.05) is 0 Å². The van der Waals surface area contributed by atoms with Crippen LogP contribution in [0.3, 0.4) is 0 Å². The van der Waals surface area contributed by atoms with Crippen molar-refractivity contribution in [3.05, 3.63) is 17.0 Å². The molecule has 1 rings (SSSR count). The Hall–Kier alpha value is 0.0900. The van der Waals surface area contributed by atoms with E-state index in [1.807, 2.05) is 26.8 Å². The highest BCUT2D eigenvalue weighted by Crippen LogP contribution is 2.21. The maximum absolute atomic E-state index is 11.9. The quantitative estimate of drug-likeness (QED) is 0.846. The van der Waals surface area contributed by atoms with Crippen molar-refractivity contribution >= 4 is 37.3 Å². The Kier molecular flexibility index (Phi) is 4.97. The lowest BCUT2D eigenvalue weighted by Gasteiger charge is -2.14. The van der Waals surface area contributed by atoms with Gasteiger partial charge in [-0.2, -0.15) is 0 Å². The lowest BCUT2D eigenvalue weighted by molar-refractivity contribution is 0.549. The fourth-order valence-electron chi connectivity index (χ4n) is 1.41. The van der Waals surface area contributed by atoms with Crippen LogP contribution in [0, 0.1) is 6.92 Å². The molecule has 0 aromatic carbocycles. The smallest absolute Gasteiger partial charge is 0.208 e. The molecule has 1 heterocycles. The fourth-order valence-corrected chi connectivity index (χ4v) is 4.53. The van der Waals surface area contributed by atoms with Crippen molar-refractivity contribution in [2.45, 2.75) is 42.3 Å². The molecule has 6 heteroatoms. The predicted octanol–water partition coefficient (Wildman–Crippen LogP) is 2.90. The number of halogens is 1. The van der Waals surface area contributed by atoms with E-state index in [0.29, 0.717) is 9.04 Å². The van der Waals surface area contributed by atoms with Crippen LogP contribution in [0.15, 0.2) is 16.3 Å². The van der Waals surface area contributed by atoms with Crippen molar-refractivity contribution in [3.8, 4) is 0 Å². The summed E-state index contributed by atoms with van der Waals surface area (Å²) in [5.41, 5.74) is 0. The fraction of sp³-hybridized carbons (Fsp3) is 0.600. The standard InChI is InChI=1S/C10H16BrNO2S2/c1-7(11)6-8(2)12-16(13,14)10-5-4-9(3)15-10/h4-5,7-8,12H,6H2,1-3H3. The van der Waals surface area contributed by atoms with Crippen molar-refractivity contribution in [3.63, 3.8) is 0 Å². The zero-order chi connectivity index (χ0) is 12.3. The summed E-state index contributed by atoms with van der Waals surface area (Å²) < 4.78 is 26.9. The van der Waals surface area contributed by atoms with E-state index in [1.165, 1.54) is 11.3 Å². The second-order valence-electron chi connectivity index (χ2n) is 3.90. The van der Waals surface area contributed by atoms with Gasteiger partial charge >= 0.3 is 0 Å². The minimum atomic E-state index is -3.34. The number of rotatable bonds is 5. The number of hydrogen-bond donors (Lipinski definition) is 1. The largest absolute Gasteiger partial charge is 0.250 e. The monoisotopic (exact) mass is 325 g/mol. The molecule has 0 amide bonds. The minimum Gasteiger partial charge on any atom is -0.208 e. The Morgan fingerprint density at radius 2 is 2.06 bits per heavy atom. The Morgan fingerprint density at radius 1 is 1.44 bits per heavy atom. The van der Waals surface area contributed by atoms with E-state index in [-0.39, 0.29) is 6.04 Å². The van der Waals surface area contributed by atoms with Gasteiger partial charge < -0.3 is 0 Å². The molecule has 0 fully saturated rings. The van der Waals surface area contributed by atoms with Gasteiger partial charge in [-0.3, -0.25) is 0 Å². The number of aryl methyl sites for hydroxylation is 1. The van der Waals surface area contributed by atoms with Gasteiger partial charge in [0.25, 0.3) is 0 Å². The molecular weight excluding hydrogens is 310 g/mol. The number of alkyl halides is 1. The molecule has 0 spiro atoms. The van der Waals surface area contributed by atoms with Gasteiger partial charge in [0, 0.05) is 15.7 Å². The van der Waals surface area contributed by atoms with E-state index in [0.717, 1.165) is 11.3 Å². The van der Waals surface area contributed by atoms with Crippen LogP contribution >= 0.6 is 27.3 Å². The van der Waals surface area contributed by atoms with E-state index in [4.69, 9.17) is 0 Å². The molecule has 0 bridgehead atoms. The summed E-state index contributed by atoms with van der Waals surface area (Å²) in [5, 5.41) is 0. The minimum absolute atomic E-state index is 0.0678. The number of nitrogens with one attached hydrogen (secondary N) is 1. The maximum atomic E-state index is 11.9. The molecule has 0 saturated carbocycles.